The molecule has 1 N–H and O–H groups in total. The van der Waals surface area contributed by atoms with Gasteiger partial charge in [-0.2, -0.15) is 0 Å². The summed E-state index contributed by atoms with van der Waals surface area (Å²) in [5, 5.41) is 8.86. The number of halogens is 2. The molecule has 1 aromatic carbocycles. The first-order chi connectivity index (χ1) is 7.95. The predicted octanol–water partition coefficient (Wildman–Crippen LogP) is 2.83. The summed E-state index contributed by atoms with van der Waals surface area (Å²) in [4.78, 5) is 22.0. The number of ether oxygens (including phenoxy) is 1. The second kappa shape index (κ2) is 5.70. The highest BCUT2D eigenvalue weighted by molar-refractivity contribution is 6.42. The molecule has 0 aliphatic rings. The molecule has 6 heteroatoms. The molecule has 0 aromatic heterocycles. The van der Waals surface area contributed by atoms with Crippen molar-refractivity contribution in [3.05, 3.63) is 39.9 Å². The summed E-state index contributed by atoms with van der Waals surface area (Å²) >= 11 is 11.5. The van der Waals surface area contributed by atoms with Gasteiger partial charge in [0.15, 0.2) is 5.78 Å². The fraction of sp³-hybridized carbons (Fsp3) is 0.0909. The molecule has 0 aliphatic carbocycles. The van der Waals surface area contributed by atoms with Crippen molar-refractivity contribution in [3.63, 3.8) is 0 Å². The van der Waals surface area contributed by atoms with Gasteiger partial charge in [-0.15, -0.1) is 0 Å². The maximum absolute atomic E-state index is 11.7. The third-order valence-corrected chi connectivity index (χ3v) is 2.61. The van der Waals surface area contributed by atoms with Gasteiger partial charge in [-0.1, -0.05) is 23.2 Å². The van der Waals surface area contributed by atoms with Crippen molar-refractivity contribution in [1.29, 1.82) is 0 Å². The Morgan fingerprint density at radius 3 is 2.35 bits per heavy atom. The summed E-state index contributed by atoms with van der Waals surface area (Å²) in [6, 6.07) is 2.73. The Hall–Kier alpha value is -1.52. The zero-order chi connectivity index (χ0) is 13.0. The van der Waals surface area contributed by atoms with E-state index in [0.29, 0.717) is 0 Å². The lowest BCUT2D eigenvalue weighted by Gasteiger charge is -2.07. The smallest absolute Gasteiger partial charge is 0.328 e. The number of ketones is 1. The zero-order valence-electron chi connectivity index (χ0n) is 8.74. The molecule has 0 radical (unpaired) electrons. The topological polar surface area (TPSA) is 63.6 Å². The van der Waals surface area contributed by atoms with E-state index in [1.165, 1.54) is 19.2 Å². The third kappa shape index (κ3) is 3.47. The van der Waals surface area contributed by atoms with Crippen LogP contribution in [0.15, 0.2) is 24.3 Å². The van der Waals surface area contributed by atoms with E-state index < -0.39 is 11.8 Å². The number of methoxy groups -OCH3 is 1. The van der Waals surface area contributed by atoms with Crippen LogP contribution in [0.4, 0.5) is 0 Å². The number of benzene rings is 1. The summed E-state index contributed by atoms with van der Waals surface area (Å²) < 4.78 is 4.96. The Bertz CT molecular complexity index is 494. The summed E-state index contributed by atoms with van der Waals surface area (Å²) in [6.45, 7) is 0. The largest absolute Gasteiger partial charge is 0.496 e. The van der Waals surface area contributed by atoms with E-state index in [0.717, 1.165) is 12.2 Å². The number of aliphatic carboxylic acids is 1. The van der Waals surface area contributed by atoms with Gasteiger partial charge in [0, 0.05) is 12.1 Å². The van der Waals surface area contributed by atoms with Gasteiger partial charge >= 0.3 is 5.97 Å². The molecular formula is C11H8Cl2O4. The van der Waals surface area contributed by atoms with Crippen LogP contribution in [0, 0.1) is 0 Å². The van der Waals surface area contributed by atoms with Crippen LogP contribution in [0.25, 0.3) is 0 Å². The molecule has 90 valence electrons. The van der Waals surface area contributed by atoms with E-state index >= 15 is 0 Å². The molecule has 17 heavy (non-hydrogen) atoms. The number of carbonyl (C=O) groups is 2. The van der Waals surface area contributed by atoms with Crippen molar-refractivity contribution in [1.82, 2.24) is 0 Å². The molecular weight excluding hydrogens is 267 g/mol. The second-order valence-electron chi connectivity index (χ2n) is 3.00. The maximum Gasteiger partial charge on any atom is 0.328 e. The lowest BCUT2D eigenvalue weighted by atomic mass is 10.1. The van der Waals surface area contributed by atoms with Gasteiger partial charge in [-0.05, 0) is 12.1 Å². The van der Waals surface area contributed by atoms with Crippen LogP contribution >= 0.6 is 23.2 Å². The molecule has 0 unspecified atom stereocenters. The highest BCUT2D eigenvalue weighted by atomic mass is 35.5. The molecule has 0 heterocycles. The number of hydrogen-bond donors (Lipinski definition) is 1. The first kappa shape index (κ1) is 13.5. The molecule has 0 fully saturated rings. The van der Waals surface area contributed by atoms with E-state index in [1.54, 1.807) is 0 Å². The van der Waals surface area contributed by atoms with Gasteiger partial charge in [-0.3, -0.25) is 4.79 Å². The first-order valence-corrected chi connectivity index (χ1v) is 5.19. The summed E-state index contributed by atoms with van der Waals surface area (Å²) in [5.74, 6) is -1.50. The third-order valence-electron chi connectivity index (χ3n) is 1.89. The Labute approximate surface area is 107 Å². The van der Waals surface area contributed by atoms with Gasteiger partial charge in [0.2, 0.25) is 0 Å². The standard InChI is InChI=1S/C11H8Cl2O4/c1-17-10-5-8(13)7(12)4-6(10)9(14)2-3-11(15)16/h2-5H,1H3,(H,15,16)/b3-2+. The summed E-state index contributed by atoms with van der Waals surface area (Å²) in [7, 11) is 1.37. The Balaban J connectivity index is 3.16. The predicted molar refractivity (Wildman–Crippen MR) is 64.1 cm³/mol. The minimum absolute atomic E-state index is 0.152. The van der Waals surface area contributed by atoms with Gasteiger partial charge in [0.05, 0.1) is 22.7 Å². The van der Waals surface area contributed by atoms with E-state index in [4.69, 9.17) is 33.0 Å². The summed E-state index contributed by atoms with van der Waals surface area (Å²) in [6.07, 6.45) is 1.66. The molecule has 1 aromatic rings. The Morgan fingerprint density at radius 2 is 1.82 bits per heavy atom. The molecule has 0 spiro atoms. The van der Waals surface area contributed by atoms with Crippen molar-refractivity contribution >= 4 is 35.0 Å². The van der Waals surface area contributed by atoms with Crippen LogP contribution in [0.3, 0.4) is 0 Å². The summed E-state index contributed by atoms with van der Waals surface area (Å²) in [5.41, 5.74) is 0.152. The average Bonchev–Trinajstić information content (AvgIpc) is 2.28. The first-order valence-electron chi connectivity index (χ1n) is 4.44. The molecule has 0 saturated heterocycles. The highest BCUT2D eigenvalue weighted by Crippen LogP contribution is 2.30. The van der Waals surface area contributed by atoms with Gasteiger partial charge in [0.25, 0.3) is 0 Å². The van der Waals surface area contributed by atoms with E-state index in [9.17, 15) is 9.59 Å². The molecule has 0 bridgehead atoms. The quantitative estimate of drug-likeness (QED) is 0.677. The number of carboxylic acids is 1. The van der Waals surface area contributed by atoms with Crippen molar-refractivity contribution in [2.24, 2.45) is 0 Å². The van der Waals surface area contributed by atoms with Crippen molar-refractivity contribution in [3.8, 4) is 5.75 Å². The lowest BCUT2D eigenvalue weighted by molar-refractivity contribution is -0.131. The van der Waals surface area contributed by atoms with Gasteiger partial charge in [0.1, 0.15) is 5.75 Å². The number of hydrogen-bond acceptors (Lipinski definition) is 3. The number of allylic oxidation sites excluding steroid dienone is 1. The van der Waals surface area contributed by atoms with Crippen LogP contribution < -0.4 is 4.74 Å². The van der Waals surface area contributed by atoms with Crippen LogP contribution in [-0.2, 0) is 4.79 Å². The van der Waals surface area contributed by atoms with E-state index in [1.807, 2.05) is 0 Å². The zero-order valence-corrected chi connectivity index (χ0v) is 10.2. The lowest BCUT2D eigenvalue weighted by Crippen LogP contribution is -2.00. The Morgan fingerprint density at radius 1 is 1.24 bits per heavy atom. The Kier molecular flexibility index (Phi) is 4.54. The number of carboxylic acid groups (broad SMARTS) is 1. The van der Waals surface area contributed by atoms with Gasteiger partial charge in [-0.25, -0.2) is 4.79 Å². The molecule has 0 amide bonds. The van der Waals surface area contributed by atoms with Crippen molar-refractivity contribution in [2.75, 3.05) is 7.11 Å². The average molecular weight is 275 g/mol. The number of rotatable bonds is 4. The molecule has 4 nitrogen and oxygen atoms in total. The van der Waals surface area contributed by atoms with Crippen molar-refractivity contribution < 1.29 is 19.4 Å². The van der Waals surface area contributed by atoms with Crippen LogP contribution in [0.2, 0.25) is 10.0 Å². The SMILES string of the molecule is COc1cc(Cl)c(Cl)cc1C(=O)/C=C/C(=O)O. The second-order valence-corrected chi connectivity index (χ2v) is 3.82. The van der Waals surface area contributed by atoms with Gasteiger partial charge < -0.3 is 9.84 Å². The highest BCUT2D eigenvalue weighted by Gasteiger charge is 2.13. The van der Waals surface area contributed by atoms with Crippen molar-refractivity contribution in [2.45, 2.75) is 0 Å². The molecule has 0 atom stereocenters. The van der Waals surface area contributed by atoms with E-state index in [-0.39, 0.29) is 21.4 Å². The minimum Gasteiger partial charge on any atom is -0.496 e. The maximum atomic E-state index is 11.7. The minimum atomic E-state index is -1.21. The molecule has 1 rings (SSSR count). The molecule has 0 saturated carbocycles. The fourth-order valence-electron chi connectivity index (χ4n) is 1.13. The number of carbonyl (C=O) groups excluding carboxylic acids is 1. The molecule has 0 aliphatic heterocycles. The normalized spacial score (nSPS) is 10.5. The monoisotopic (exact) mass is 274 g/mol. The van der Waals surface area contributed by atoms with Crippen LogP contribution in [0.1, 0.15) is 10.4 Å². The van der Waals surface area contributed by atoms with E-state index in [2.05, 4.69) is 0 Å². The van der Waals surface area contributed by atoms with Crippen LogP contribution in [0.5, 0.6) is 5.75 Å². The van der Waals surface area contributed by atoms with Crippen LogP contribution in [-0.4, -0.2) is 24.0 Å². The fourth-order valence-corrected chi connectivity index (χ4v) is 1.44.